The highest BCUT2D eigenvalue weighted by atomic mass is 35.5. The second-order valence-electron chi connectivity index (χ2n) is 6.11. The van der Waals surface area contributed by atoms with E-state index in [0.717, 1.165) is 42.7 Å². The number of primary sulfonamides is 1. The molecule has 0 aromatic heterocycles. The zero-order valence-corrected chi connectivity index (χ0v) is 18.7. The lowest BCUT2D eigenvalue weighted by Crippen LogP contribution is -2.47. The van der Waals surface area contributed by atoms with Gasteiger partial charge in [0.25, 0.3) is 15.9 Å². The van der Waals surface area contributed by atoms with Crippen LogP contribution in [0.4, 0.5) is 5.69 Å². The van der Waals surface area contributed by atoms with Gasteiger partial charge in [0.05, 0.1) is 16.6 Å². The van der Waals surface area contributed by atoms with Crippen molar-refractivity contribution >= 4 is 49.6 Å². The number of hydrogen-bond acceptors (Lipinski definition) is 7. The van der Waals surface area contributed by atoms with E-state index in [4.69, 9.17) is 16.7 Å². The van der Waals surface area contributed by atoms with Crippen LogP contribution in [-0.2, 0) is 20.0 Å². The predicted octanol–water partition coefficient (Wildman–Crippen LogP) is 0.522. The predicted molar refractivity (Wildman–Crippen MR) is 115 cm³/mol. The van der Waals surface area contributed by atoms with Crippen molar-refractivity contribution in [1.82, 2.24) is 10.4 Å². The number of carbonyl (C=O) groups is 1. The van der Waals surface area contributed by atoms with Crippen LogP contribution < -0.4 is 15.7 Å². The lowest BCUT2D eigenvalue weighted by Gasteiger charge is -2.20. The Kier molecular flexibility index (Phi) is 7.73. The number of benzene rings is 2. The van der Waals surface area contributed by atoms with E-state index in [0.29, 0.717) is 5.01 Å². The molecule has 0 unspecified atom stereocenters. The molecule has 0 aliphatic heterocycles. The Morgan fingerprint density at radius 2 is 1.78 bits per heavy atom. The highest BCUT2D eigenvalue weighted by Gasteiger charge is 2.27. The molecule has 0 radical (unpaired) electrons. The van der Waals surface area contributed by atoms with Gasteiger partial charge < -0.3 is 4.90 Å². The van der Waals surface area contributed by atoms with E-state index in [1.54, 1.807) is 5.53 Å². The topological polar surface area (TPSA) is 185 Å². The molecule has 0 saturated carbocycles. The van der Waals surface area contributed by atoms with Gasteiger partial charge in [-0.2, -0.15) is 13.4 Å². The third-order valence-corrected chi connectivity index (χ3v) is 6.34. The molecule has 0 bridgehead atoms. The molecule has 0 aliphatic carbocycles. The molecule has 0 aliphatic rings. The zero-order valence-electron chi connectivity index (χ0n) is 16.3. The zero-order chi connectivity index (χ0) is 24.1. The molecular formula is C16H17ClN6O7S2. The molecule has 172 valence electrons. The van der Waals surface area contributed by atoms with Crippen LogP contribution in [0.2, 0.25) is 0 Å². The molecule has 0 heterocycles. The number of sulfonamides is 2. The van der Waals surface area contributed by atoms with Crippen molar-refractivity contribution in [3.8, 4) is 0 Å². The Balaban J connectivity index is 2.45. The van der Waals surface area contributed by atoms with Crippen LogP contribution in [0.15, 0.2) is 62.7 Å². The quantitative estimate of drug-likeness (QED) is 0.122. The van der Waals surface area contributed by atoms with Crippen molar-refractivity contribution in [2.45, 2.75) is 9.79 Å². The monoisotopic (exact) mass is 504 g/mol. The van der Waals surface area contributed by atoms with Crippen molar-refractivity contribution in [3.05, 3.63) is 64.2 Å². The first-order valence-corrected chi connectivity index (χ1v) is 11.9. The molecule has 0 spiro atoms. The molecular weight excluding hydrogens is 488 g/mol. The summed E-state index contributed by atoms with van der Waals surface area (Å²) in [6, 6.07) is 9.18. The van der Waals surface area contributed by atoms with Gasteiger partial charge in [0.1, 0.15) is 11.2 Å². The summed E-state index contributed by atoms with van der Waals surface area (Å²) in [6.07, 6.45) is 1.01. The molecule has 2 aromatic rings. The van der Waals surface area contributed by atoms with E-state index in [-0.39, 0.29) is 16.5 Å². The van der Waals surface area contributed by atoms with Crippen molar-refractivity contribution in [3.63, 3.8) is 0 Å². The highest BCUT2D eigenvalue weighted by Crippen LogP contribution is 2.25. The Bertz CT molecular complexity index is 1250. The maximum absolute atomic E-state index is 12.9. The van der Waals surface area contributed by atoms with E-state index < -0.39 is 41.6 Å². The molecule has 13 nitrogen and oxygen atoms in total. The average molecular weight is 505 g/mol. The van der Waals surface area contributed by atoms with Gasteiger partial charge in [-0.15, -0.1) is 16.0 Å². The van der Waals surface area contributed by atoms with Crippen LogP contribution in [0.1, 0.15) is 10.4 Å². The van der Waals surface area contributed by atoms with Crippen LogP contribution in [0.3, 0.4) is 0 Å². The van der Waals surface area contributed by atoms with Gasteiger partial charge in [-0.25, -0.2) is 23.7 Å². The summed E-state index contributed by atoms with van der Waals surface area (Å²) in [6.45, 7) is 0. The second-order valence-corrected chi connectivity index (χ2v) is 9.51. The molecule has 0 saturated heterocycles. The van der Waals surface area contributed by atoms with Crippen LogP contribution in [0, 0.1) is 10.1 Å². The molecule has 16 heteroatoms. The van der Waals surface area contributed by atoms with Gasteiger partial charge in [-0.3, -0.25) is 4.79 Å². The summed E-state index contributed by atoms with van der Waals surface area (Å²) in [4.78, 5) is 24.4. The number of nitrogens with two attached hydrogens (primary N) is 1. The molecule has 1 amide bonds. The lowest BCUT2D eigenvalue weighted by molar-refractivity contribution is -0.544. The summed E-state index contributed by atoms with van der Waals surface area (Å²) >= 11 is 5.54. The number of nitro groups is 1. The first kappa shape index (κ1) is 25.0. The Hall–Kier alpha value is -3.27. The van der Waals surface area contributed by atoms with E-state index in [9.17, 15) is 31.7 Å². The fraction of sp³-hybridized carbons (Fsp3) is 0.125. The maximum atomic E-state index is 12.9. The van der Waals surface area contributed by atoms with Crippen LogP contribution in [0.5, 0.6) is 0 Å². The van der Waals surface area contributed by atoms with Crippen molar-refractivity contribution in [2.75, 3.05) is 18.1 Å². The number of carbonyl (C=O) groups excluding carboxylic acids is 1. The van der Waals surface area contributed by atoms with E-state index >= 15 is 0 Å². The molecule has 2 aromatic carbocycles. The smallest absolute Gasteiger partial charge is 0.283 e. The number of amides is 1. The third kappa shape index (κ3) is 6.13. The second kappa shape index (κ2) is 9.90. The summed E-state index contributed by atoms with van der Waals surface area (Å²) < 4.78 is 51.6. The summed E-state index contributed by atoms with van der Waals surface area (Å²) in [5.41, 5.74) is 1.03. The van der Waals surface area contributed by atoms with Gasteiger partial charge in [0.15, 0.2) is 5.03 Å². The third-order valence-electron chi connectivity index (χ3n) is 3.77. The summed E-state index contributed by atoms with van der Waals surface area (Å²) in [5, 5.41) is 15.5. The Morgan fingerprint density at radius 1 is 1.19 bits per heavy atom. The molecule has 3 N–H and O–H groups in total. The highest BCUT2D eigenvalue weighted by molar-refractivity contribution is 7.90. The van der Waals surface area contributed by atoms with Crippen molar-refractivity contribution in [2.24, 2.45) is 9.54 Å². The molecule has 0 atom stereocenters. The Morgan fingerprint density at radius 3 is 2.31 bits per heavy atom. The van der Waals surface area contributed by atoms with Crippen molar-refractivity contribution < 1.29 is 26.7 Å². The van der Waals surface area contributed by atoms with Crippen molar-refractivity contribution in [1.29, 1.82) is 0 Å². The largest absolute Gasteiger partial charge is 0.351 e. The maximum Gasteiger partial charge on any atom is 0.283 e. The number of alkyl halides is 1. The average Bonchev–Trinajstić information content (AvgIpc) is 2.74. The van der Waals surface area contributed by atoms with Gasteiger partial charge in [-0.05, 0) is 41.9 Å². The first-order chi connectivity index (χ1) is 14.9. The number of halogens is 1. The fourth-order valence-electron chi connectivity index (χ4n) is 2.31. The number of nitrogens with zero attached hydrogens (tertiary/aromatic N) is 4. The van der Waals surface area contributed by atoms with E-state index in [1.807, 2.05) is 0 Å². The summed E-state index contributed by atoms with van der Waals surface area (Å²) in [5.74, 6) is -1.05. The minimum absolute atomic E-state index is 0.00569. The molecule has 0 fully saturated rings. The van der Waals surface area contributed by atoms with Gasteiger partial charge >= 0.3 is 0 Å². The van der Waals surface area contributed by atoms with Gasteiger partial charge in [-0.1, -0.05) is 12.1 Å². The number of hydrogen-bond donors (Lipinski definition) is 2. The molecule has 2 rings (SSSR count). The Labute approximate surface area is 188 Å². The fourth-order valence-corrected chi connectivity index (χ4v) is 3.97. The minimum atomic E-state index is -4.34. The van der Waals surface area contributed by atoms with Gasteiger partial charge in [0, 0.05) is 12.6 Å². The molecule has 32 heavy (non-hydrogen) atoms. The number of hydrazine groups is 2. The van der Waals surface area contributed by atoms with Crippen LogP contribution >= 0.6 is 11.6 Å². The number of rotatable bonds is 9. The number of para-hydroxylation sites is 1. The SMILES string of the molecule is CN(/C=N/S(=O)(=O)c1ccc(C(=O)N(N[N+](=O)[O-])c2ccccc2S(N)(=O)=O)cc1)CCl. The normalized spacial score (nSPS) is 11.8. The summed E-state index contributed by atoms with van der Waals surface area (Å²) in [7, 11) is -6.93. The van der Waals surface area contributed by atoms with Gasteiger partial charge in [0.2, 0.25) is 10.0 Å². The van der Waals surface area contributed by atoms with Crippen LogP contribution in [-0.4, -0.2) is 52.1 Å². The number of anilines is 1. The van der Waals surface area contributed by atoms with E-state index in [1.165, 1.54) is 24.1 Å². The van der Waals surface area contributed by atoms with Crippen LogP contribution in [0.25, 0.3) is 0 Å². The first-order valence-electron chi connectivity index (χ1n) is 8.40. The lowest BCUT2D eigenvalue weighted by atomic mass is 10.2. The standard InChI is InChI=1S/C16H17ClN6O7S2/c1-21(10-17)11-19-32(29,30)13-8-6-12(7-9-13)16(24)22(20-23(25)26)14-4-2-3-5-15(14)31(18,27)28/h2-9,11,20H,10H2,1H3,(H2,18,27,28)/b19-11+. The minimum Gasteiger partial charge on any atom is -0.351 e. The van der Waals surface area contributed by atoms with E-state index in [2.05, 4.69) is 4.40 Å². The number of nitrogens with one attached hydrogen (secondary N) is 1.